The normalized spacial score (nSPS) is 15.5. The van der Waals surface area contributed by atoms with Crippen LogP contribution in [0, 0.1) is 0 Å². The fourth-order valence-electron chi connectivity index (χ4n) is 3.18. The van der Waals surface area contributed by atoms with Gasteiger partial charge in [0.2, 0.25) is 11.7 Å². The molecule has 7 nitrogen and oxygen atoms in total. The van der Waals surface area contributed by atoms with Crippen LogP contribution in [0.2, 0.25) is 5.02 Å². The van der Waals surface area contributed by atoms with E-state index in [2.05, 4.69) is 15.5 Å². The van der Waals surface area contributed by atoms with Crippen molar-refractivity contribution in [1.29, 1.82) is 0 Å². The Morgan fingerprint density at radius 3 is 2.97 bits per heavy atom. The first-order valence-electron chi connectivity index (χ1n) is 9.51. The molecule has 0 bridgehead atoms. The van der Waals surface area contributed by atoms with Crippen molar-refractivity contribution in [2.24, 2.45) is 0 Å². The number of nitrogens with zero attached hydrogens (tertiary/aromatic N) is 3. The van der Waals surface area contributed by atoms with Gasteiger partial charge in [-0.05, 0) is 30.7 Å². The molecule has 8 heteroatoms. The van der Waals surface area contributed by atoms with Crippen molar-refractivity contribution >= 4 is 23.2 Å². The van der Waals surface area contributed by atoms with Crippen LogP contribution in [-0.2, 0) is 11.3 Å². The lowest BCUT2D eigenvalue weighted by molar-refractivity contribution is -0.127. The lowest BCUT2D eigenvalue weighted by atomic mass is 10.1. The predicted molar refractivity (Wildman–Crippen MR) is 110 cm³/mol. The number of halogens is 1. The van der Waals surface area contributed by atoms with E-state index >= 15 is 0 Å². The molecule has 0 saturated heterocycles. The Hall–Kier alpha value is -3.06. The van der Waals surface area contributed by atoms with Crippen LogP contribution >= 0.6 is 11.6 Å². The number of carbonyl (C=O) groups is 1. The molecule has 1 N–H and O–H groups in total. The molecule has 0 radical (unpaired) electrons. The molecule has 0 saturated carbocycles. The molecule has 1 atom stereocenters. The summed E-state index contributed by atoms with van der Waals surface area (Å²) in [5.41, 5.74) is 1.67. The monoisotopic (exact) mass is 412 g/mol. The molecule has 0 spiro atoms. The van der Waals surface area contributed by atoms with Gasteiger partial charge < -0.3 is 19.5 Å². The van der Waals surface area contributed by atoms with Crippen molar-refractivity contribution in [2.75, 3.05) is 18.0 Å². The fraction of sp³-hybridized carbons (Fsp3) is 0.286. The van der Waals surface area contributed by atoms with Crippen LogP contribution in [0.4, 0.5) is 5.69 Å². The first-order valence-corrected chi connectivity index (χ1v) is 9.88. The molecule has 1 amide bonds. The minimum atomic E-state index is -0.605. The van der Waals surface area contributed by atoms with Crippen molar-refractivity contribution in [2.45, 2.75) is 26.0 Å². The van der Waals surface area contributed by atoms with Crippen molar-refractivity contribution in [3.63, 3.8) is 0 Å². The van der Waals surface area contributed by atoms with Gasteiger partial charge in [-0.3, -0.25) is 4.79 Å². The molecule has 3 aromatic rings. The first-order chi connectivity index (χ1) is 14.1. The zero-order chi connectivity index (χ0) is 20.2. The van der Waals surface area contributed by atoms with Gasteiger partial charge in [0.1, 0.15) is 5.75 Å². The second-order valence-electron chi connectivity index (χ2n) is 6.77. The first kappa shape index (κ1) is 19.3. The molecule has 4 rings (SSSR count). The Morgan fingerprint density at radius 1 is 1.28 bits per heavy atom. The predicted octanol–water partition coefficient (Wildman–Crippen LogP) is 3.68. The summed E-state index contributed by atoms with van der Waals surface area (Å²) in [6.07, 6.45) is 0.263. The third-order valence-electron chi connectivity index (χ3n) is 4.58. The maximum absolute atomic E-state index is 12.5. The number of ether oxygens (including phenoxy) is 1. The smallest absolute Gasteiger partial charge is 0.262 e. The van der Waals surface area contributed by atoms with Crippen molar-refractivity contribution in [3.8, 4) is 17.1 Å². The summed E-state index contributed by atoms with van der Waals surface area (Å²) in [4.78, 5) is 19.0. The number of amides is 1. The molecule has 1 aliphatic heterocycles. The number of hydrogen-bond donors (Lipinski definition) is 1. The topological polar surface area (TPSA) is 80.5 Å². The third kappa shape index (κ3) is 4.35. The molecule has 1 aromatic heterocycles. The summed E-state index contributed by atoms with van der Waals surface area (Å²) in [6, 6.07) is 14.9. The number of fused-ring (bicyclic) bond motifs is 1. The van der Waals surface area contributed by atoms with Crippen LogP contribution in [0.3, 0.4) is 0 Å². The lowest BCUT2D eigenvalue weighted by Gasteiger charge is -2.34. The zero-order valence-corrected chi connectivity index (χ0v) is 16.7. The molecule has 150 valence electrons. The van der Waals surface area contributed by atoms with Gasteiger partial charge in [-0.15, -0.1) is 0 Å². The Labute approximate surface area is 173 Å². The van der Waals surface area contributed by atoms with Crippen molar-refractivity contribution < 1.29 is 14.1 Å². The third-order valence-corrected chi connectivity index (χ3v) is 4.82. The van der Waals surface area contributed by atoms with Crippen LogP contribution < -0.4 is 15.0 Å². The van der Waals surface area contributed by atoms with Gasteiger partial charge in [-0.2, -0.15) is 4.98 Å². The Bertz CT molecular complexity index is 1010. The molecular weight excluding hydrogens is 392 g/mol. The minimum Gasteiger partial charge on any atom is -0.477 e. The standard InChI is InChI=1S/C21H21ClN4O3/c1-2-10-23-21(27)18-12-26(16-8-3-4-9-17(16)28-18)13-19-24-20(25-29-19)14-6-5-7-15(22)11-14/h3-9,11,18H,2,10,12-13H2,1H3,(H,23,27)/t18-/m0/s1. The summed E-state index contributed by atoms with van der Waals surface area (Å²) in [5, 5.41) is 7.56. The van der Waals surface area contributed by atoms with E-state index in [1.165, 1.54) is 0 Å². The zero-order valence-electron chi connectivity index (χ0n) is 16.0. The molecule has 0 aliphatic carbocycles. The van der Waals surface area contributed by atoms with E-state index < -0.39 is 6.10 Å². The number of aromatic nitrogens is 2. The van der Waals surface area contributed by atoms with Crippen LogP contribution in [0.15, 0.2) is 53.1 Å². The summed E-state index contributed by atoms with van der Waals surface area (Å²) in [6.45, 7) is 3.39. The highest BCUT2D eigenvalue weighted by molar-refractivity contribution is 6.30. The Balaban J connectivity index is 1.55. The van der Waals surface area contributed by atoms with Crippen molar-refractivity contribution in [3.05, 3.63) is 59.4 Å². The summed E-state index contributed by atoms with van der Waals surface area (Å²) < 4.78 is 11.4. The van der Waals surface area contributed by atoms with Gasteiger partial charge in [0, 0.05) is 17.1 Å². The number of rotatable bonds is 6. The van der Waals surface area contributed by atoms with Crippen LogP contribution in [-0.4, -0.2) is 35.2 Å². The maximum atomic E-state index is 12.5. The van der Waals surface area contributed by atoms with E-state index in [4.69, 9.17) is 20.9 Å². The second kappa shape index (κ2) is 8.53. The number of para-hydroxylation sites is 2. The number of nitrogens with one attached hydrogen (secondary N) is 1. The molecule has 0 fully saturated rings. The van der Waals surface area contributed by atoms with Crippen LogP contribution in [0.5, 0.6) is 5.75 Å². The SMILES string of the molecule is CCCNC(=O)[C@@H]1CN(Cc2nc(-c3cccc(Cl)c3)no2)c2ccccc2O1. The van der Waals surface area contributed by atoms with E-state index in [1.54, 1.807) is 12.1 Å². The summed E-state index contributed by atoms with van der Waals surface area (Å²) in [5.74, 6) is 1.45. The van der Waals surface area contributed by atoms with Gasteiger partial charge in [-0.25, -0.2) is 0 Å². The maximum Gasteiger partial charge on any atom is 0.262 e. The van der Waals surface area contributed by atoms with Gasteiger partial charge in [-0.1, -0.05) is 47.9 Å². The van der Waals surface area contributed by atoms with Crippen molar-refractivity contribution in [1.82, 2.24) is 15.5 Å². The Kier molecular flexibility index (Phi) is 5.67. The highest BCUT2D eigenvalue weighted by Crippen LogP contribution is 2.34. The average Bonchev–Trinajstić information content (AvgIpc) is 3.20. The van der Waals surface area contributed by atoms with Gasteiger partial charge >= 0.3 is 0 Å². The largest absolute Gasteiger partial charge is 0.477 e. The molecular formula is C21H21ClN4O3. The molecule has 1 aliphatic rings. The van der Waals surface area contributed by atoms with Crippen LogP contribution in [0.25, 0.3) is 11.4 Å². The Morgan fingerprint density at radius 2 is 2.14 bits per heavy atom. The number of carbonyl (C=O) groups excluding carboxylic acids is 1. The highest BCUT2D eigenvalue weighted by atomic mass is 35.5. The minimum absolute atomic E-state index is 0.128. The fourth-order valence-corrected chi connectivity index (χ4v) is 3.37. The lowest BCUT2D eigenvalue weighted by Crippen LogP contribution is -2.48. The summed E-state index contributed by atoms with van der Waals surface area (Å²) in [7, 11) is 0. The number of benzene rings is 2. The number of hydrogen-bond acceptors (Lipinski definition) is 6. The van der Waals surface area contributed by atoms with E-state index in [0.29, 0.717) is 42.1 Å². The van der Waals surface area contributed by atoms with E-state index in [0.717, 1.165) is 17.7 Å². The molecule has 0 unspecified atom stereocenters. The molecule has 29 heavy (non-hydrogen) atoms. The molecule has 2 heterocycles. The van der Waals surface area contributed by atoms with Crippen LogP contribution in [0.1, 0.15) is 19.2 Å². The van der Waals surface area contributed by atoms with E-state index in [-0.39, 0.29) is 5.91 Å². The average molecular weight is 413 g/mol. The van der Waals surface area contributed by atoms with E-state index in [1.807, 2.05) is 48.2 Å². The highest BCUT2D eigenvalue weighted by Gasteiger charge is 2.31. The van der Waals surface area contributed by atoms with Gasteiger partial charge in [0.25, 0.3) is 5.91 Å². The van der Waals surface area contributed by atoms with Gasteiger partial charge in [0.05, 0.1) is 18.8 Å². The molecule has 2 aromatic carbocycles. The van der Waals surface area contributed by atoms with E-state index in [9.17, 15) is 4.79 Å². The van der Waals surface area contributed by atoms with Gasteiger partial charge in [0.15, 0.2) is 6.10 Å². The second-order valence-corrected chi connectivity index (χ2v) is 7.20. The summed E-state index contributed by atoms with van der Waals surface area (Å²) >= 11 is 6.05. The quantitative estimate of drug-likeness (QED) is 0.665. The number of anilines is 1.